The summed E-state index contributed by atoms with van der Waals surface area (Å²) in [6.45, 7) is 3.39. The van der Waals surface area contributed by atoms with Gasteiger partial charge in [0.25, 0.3) is 0 Å². The average molecular weight is 238 g/mol. The number of nitrogens with two attached hydrogens (primary N) is 1. The minimum absolute atomic E-state index is 0.561. The molecule has 1 rings (SSSR count). The standard InChI is InChI=1S/C13H22N2O2/c1-15(7-8-17-10-9-16-2)13-6-4-3-5-12(13)11-14/h3-6H,7-11,14H2,1-2H3. The summed E-state index contributed by atoms with van der Waals surface area (Å²) in [5, 5.41) is 0. The normalized spacial score (nSPS) is 10.5. The van der Waals surface area contributed by atoms with Crippen LogP contribution in [-0.4, -0.2) is 40.5 Å². The van der Waals surface area contributed by atoms with Crippen molar-refractivity contribution in [1.29, 1.82) is 0 Å². The summed E-state index contributed by atoms with van der Waals surface area (Å²) in [6.07, 6.45) is 0. The zero-order valence-corrected chi connectivity index (χ0v) is 10.7. The molecule has 0 heterocycles. The van der Waals surface area contributed by atoms with Crippen LogP contribution < -0.4 is 10.6 Å². The van der Waals surface area contributed by atoms with Crippen molar-refractivity contribution >= 4 is 5.69 Å². The highest BCUT2D eigenvalue weighted by molar-refractivity contribution is 5.52. The molecule has 2 N–H and O–H groups in total. The van der Waals surface area contributed by atoms with Crippen molar-refractivity contribution < 1.29 is 9.47 Å². The van der Waals surface area contributed by atoms with Crippen molar-refractivity contribution in [2.24, 2.45) is 5.73 Å². The zero-order valence-electron chi connectivity index (χ0n) is 10.7. The summed E-state index contributed by atoms with van der Waals surface area (Å²) in [6, 6.07) is 8.17. The molecule has 0 aliphatic heterocycles. The summed E-state index contributed by atoms with van der Waals surface area (Å²) in [5.74, 6) is 0. The molecule has 0 bridgehead atoms. The second-order valence-electron chi connectivity index (χ2n) is 3.86. The third-order valence-corrected chi connectivity index (χ3v) is 2.63. The second-order valence-corrected chi connectivity index (χ2v) is 3.86. The van der Waals surface area contributed by atoms with Gasteiger partial charge in [-0.05, 0) is 11.6 Å². The summed E-state index contributed by atoms with van der Waals surface area (Å²) in [4.78, 5) is 2.16. The largest absolute Gasteiger partial charge is 0.382 e. The first-order chi connectivity index (χ1) is 8.29. The van der Waals surface area contributed by atoms with E-state index in [9.17, 15) is 0 Å². The van der Waals surface area contributed by atoms with Gasteiger partial charge < -0.3 is 20.1 Å². The molecule has 96 valence electrons. The van der Waals surface area contributed by atoms with Crippen LogP contribution in [0.15, 0.2) is 24.3 Å². The van der Waals surface area contributed by atoms with E-state index in [0.29, 0.717) is 26.4 Å². The topological polar surface area (TPSA) is 47.7 Å². The van der Waals surface area contributed by atoms with Gasteiger partial charge in [0.15, 0.2) is 0 Å². The number of para-hydroxylation sites is 1. The Bertz CT molecular complexity index is 318. The molecular weight excluding hydrogens is 216 g/mol. The molecule has 0 spiro atoms. The van der Waals surface area contributed by atoms with Crippen LogP contribution in [0.25, 0.3) is 0 Å². The van der Waals surface area contributed by atoms with E-state index in [1.165, 1.54) is 5.69 Å². The Hall–Kier alpha value is -1.10. The molecule has 1 aromatic rings. The number of anilines is 1. The van der Waals surface area contributed by atoms with Crippen LogP contribution >= 0.6 is 0 Å². The fraction of sp³-hybridized carbons (Fsp3) is 0.538. The number of benzene rings is 1. The van der Waals surface area contributed by atoms with Crippen LogP contribution in [-0.2, 0) is 16.0 Å². The predicted octanol–water partition coefficient (Wildman–Crippen LogP) is 1.24. The molecule has 0 saturated heterocycles. The molecular formula is C13H22N2O2. The first kappa shape index (κ1) is 14.0. The summed E-state index contributed by atoms with van der Waals surface area (Å²) in [5.41, 5.74) is 8.04. The van der Waals surface area contributed by atoms with E-state index in [0.717, 1.165) is 12.1 Å². The van der Waals surface area contributed by atoms with E-state index in [1.807, 2.05) is 19.2 Å². The van der Waals surface area contributed by atoms with Crippen LogP contribution in [0.4, 0.5) is 5.69 Å². The van der Waals surface area contributed by atoms with Gasteiger partial charge >= 0.3 is 0 Å². The molecule has 17 heavy (non-hydrogen) atoms. The maximum absolute atomic E-state index is 5.71. The van der Waals surface area contributed by atoms with Crippen molar-refractivity contribution in [2.75, 3.05) is 45.4 Å². The second kappa shape index (κ2) is 8.06. The number of nitrogens with zero attached hydrogens (tertiary/aromatic N) is 1. The smallest absolute Gasteiger partial charge is 0.0701 e. The van der Waals surface area contributed by atoms with E-state index in [2.05, 4.69) is 17.0 Å². The number of hydrogen-bond acceptors (Lipinski definition) is 4. The van der Waals surface area contributed by atoms with Crippen molar-refractivity contribution in [3.63, 3.8) is 0 Å². The lowest BCUT2D eigenvalue weighted by Gasteiger charge is -2.21. The monoisotopic (exact) mass is 238 g/mol. The van der Waals surface area contributed by atoms with Crippen LogP contribution in [0.3, 0.4) is 0 Å². The van der Waals surface area contributed by atoms with Gasteiger partial charge in [-0.25, -0.2) is 0 Å². The lowest BCUT2D eigenvalue weighted by atomic mass is 10.1. The number of ether oxygens (including phenoxy) is 2. The molecule has 0 amide bonds. The Labute approximate surface area is 103 Å². The molecule has 0 atom stereocenters. The number of hydrogen-bond donors (Lipinski definition) is 1. The van der Waals surface area contributed by atoms with Gasteiger partial charge in [0.05, 0.1) is 19.8 Å². The van der Waals surface area contributed by atoms with Crippen LogP contribution in [0.2, 0.25) is 0 Å². The Morgan fingerprint density at radius 1 is 1.18 bits per heavy atom. The molecule has 0 saturated carbocycles. The third-order valence-electron chi connectivity index (χ3n) is 2.63. The van der Waals surface area contributed by atoms with Crippen LogP contribution in [0.5, 0.6) is 0 Å². The fourth-order valence-electron chi connectivity index (χ4n) is 1.62. The van der Waals surface area contributed by atoms with Gasteiger partial charge in [-0.1, -0.05) is 18.2 Å². The third kappa shape index (κ3) is 4.73. The molecule has 4 nitrogen and oxygen atoms in total. The first-order valence-corrected chi connectivity index (χ1v) is 5.85. The highest BCUT2D eigenvalue weighted by Gasteiger charge is 2.04. The minimum atomic E-state index is 0.561. The molecule has 0 aliphatic rings. The summed E-state index contributed by atoms with van der Waals surface area (Å²) in [7, 11) is 3.72. The van der Waals surface area contributed by atoms with Crippen molar-refractivity contribution in [1.82, 2.24) is 0 Å². The van der Waals surface area contributed by atoms with E-state index >= 15 is 0 Å². The predicted molar refractivity (Wildman–Crippen MR) is 70.3 cm³/mol. The van der Waals surface area contributed by atoms with Crippen molar-refractivity contribution in [3.05, 3.63) is 29.8 Å². The van der Waals surface area contributed by atoms with E-state index in [4.69, 9.17) is 15.2 Å². The highest BCUT2D eigenvalue weighted by atomic mass is 16.5. The molecule has 1 aromatic carbocycles. The maximum Gasteiger partial charge on any atom is 0.0701 e. The van der Waals surface area contributed by atoms with Gasteiger partial charge in [-0.2, -0.15) is 0 Å². The maximum atomic E-state index is 5.71. The van der Waals surface area contributed by atoms with Gasteiger partial charge in [0.2, 0.25) is 0 Å². The van der Waals surface area contributed by atoms with Crippen molar-refractivity contribution in [3.8, 4) is 0 Å². The van der Waals surface area contributed by atoms with Crippen LogP contribution in [0, 0.1) is 0 Å². The Balaban J connectivity index is 2.38. The van der Waals surface area contributed by atoms with E-state index in [1.54, 1.807) is 7.11 Å². The first-order valence-electron chi connectivity index (χ1n) is 5.85. The Morgan fingerprint density at radius 3 is 2.65 bits per heavy atom. The van der Waals surface area contributed by atoms with Gasteiger partial charge in [0.1, 0.15) is 0 Å². The summed E-state index contributed by atoms with van der Waals surface area (Å²) >= 11 is 0. The summed E-state index contributed by atoms with van der Waals surface area (Å²) < 4.78 is 10.4. The number of rotatable bonds is 8. The van der Waals surface area contributed by atoms with Gasteiger partial charge in [0, 0.05) is 32.9 Å². The molecule has 4 heteroatoms. The number of likely N-dealkylation sites (N-methyl/N-ethyl adjacent to an activating group) is 1. The van der Waals surface area contributed by atoms with Crippen molar-refractivity contribution in [2.45, 2.75) is 6.54 Å². The lowest BCUT2D eigenvalue weighted by Crippen LogP contribution is -2.24. The quantitative estimate of drug-likeness (QED) is 0.692. The van der Waals surface area contributed by atoms with Gasteiger partial charge in [-0.15, -0.1) is 0 Å². The SMILES string of the molecule is COCCOCCN(C)c1ccccc1CN. The number of methoxy groups -OCH3 is 1. The molecule has 0 aromatic heterocycles. The molecule has 0 aliphatic carbocycles. The average Bonchev–Trinajstić information content (AvgIpc) is 2.38. The van der Waals surface area contributed by atoms with Crippen LogP contribution in [0.1, 0.15) is 5.56 Å². The lowest BCUT2D eigenvalue weighted by molar-refractivity contribution is 0.0743. The minimum Gasteiger partial charge on any atom is -0.382 e. The fourth-order valence-corrected chi connectivity index (χ4v) is 1.62. The van der Waals surface area contributed by atoms with Gasteiger partial charge in [-0.3, -0.25) is 0 Å². The Kier molecular flexibility index (Phi) is 6.62. The molecule has 0 fully saturated rings. The zero-order chi connectivity index (χ0) is 12.5. The van der Waals surface area contributed by atoms with E-state index in [-0.39, 0.29) is 0 Å². The molecule has 0 unspecified atom stereocenters. The van der Waals surface area contributed by atoms with E-state index < -0.39 is 0 Å². The Morgan fingerprint density at radius 2 is 1.94 bits per heavy atom. The molecule has 0 radical (unpaired) electrons. The highest BCUT2D eigenvalue weighted by Crippen LogP contribution is 2.17.